The summed E-state index contributed by atoms with van der Waals surface area (Å²) in [6.07, 6.45) is 0.211. The number of hydrogen-bond acceptors (Lipinski definition) is 1. The molecule has 2 N–H and O–H groups in total. The predicted octanol–water partition coefficient (Wildman–Crippen LogP) is 2.03. The number of halogens is 4. The van der Waals surface area contributed by atoms with Crippen molar-refractivity contribution < 1.29 is 13.2 Å². The van der Waals surface area contributed by atoms with E-state index in [1.165, 1.54) is 0 Å². The Morgan fingerprint density at radius 3 is 2.08 bits per heavy atom. The first kappa shape index (κ1) is 12.3. The lowest BCUT2D eigenvalue weighted by Crippen LogP contribution is -2.05. The van der Waals surface area contributed by atoms with E-state index in [4.69, 9.17) is 5.73 Å². The second-order valence-electron chi connectivity index (χ2n) is 2.40. The summed E-state index contributed by atoms with van der Waals surface area (Å²) in [5.74, 6) is -2.97. The molecule has 74 valence electrons. The molecule has 0 radical (unpaired) electrons. The normalized spacial score (nSPS) is 9.54. The van der Waals surface area contributed by atoms with Crippen LogP contribution in [0.5, 0.6) is 0 Å². The van der Waals surface area contributed by atoms with E-state index in [-0.39, 0.29) is 30.9 Å². The third-order valence-electron chi connectivity index (χ3n) is 1.50. The molecule has 0 aliphatic carbocycles. The van der Waals surface area contributed by atoms with E-state index in [9.17, 15) is 13.2 Å². The van der Waals surface area contributed by atoms with E-state index in [2.05, 4.69) is 0 Å². The maximum Gasteiger partial charge on any atom is 0.161 e. The van der Waals surface area contributed by atoms with Crippen LogP contribution in [-0.2, 0) is 6.42 Å². The standard InChI is InChI=1S/C8H8F3N.ClH/c9-6-4-8(11)7(10)3-5(6)1-2-12;/h3-4H,1-2,12H2;1H. The summed E-state index contributed by atoms with van der Waals surface area (Å²) in [4.78, 5) is 0. The van der Waals surface area contributed by atoms with Crippen LogP contribution in [-0.4, -0.2) is 6.54 Å². The largest absolute Gasteiger partial charge is 0.330 e. The van der Waals surface area contributed by atoms with Gasteiger partial charge in [-0.15, -0.1) is 12.4 Å². The van der Waals surface area contributed by atoms with Gasteiger partial charge in [-0.25, -0.2) is 13.2 Å². The number of benzene rings is 1. The molecule has 0 fully saturated rings. The summed E-state index contributed by atoms with van der Waals surface area (Å²) >= 11 is 0. The predicted molar refractivity (Wildman–Crippen MR) is 46.3 cm³/mol. The Hall–Kier alpha value is -0.740. The Morgan fingerprint density at radius 2 is 1.54 bits per heavy atom. The topological polar surface area (TPSA) is 26.0 Å². The lowest BCUT2D eigenvalue weighted by molar-refractivity contribution is 0.490. The molecule has 0 aliphatic rings. The van der Waals surface area contributed by atoms with Crippen molar-refractivity contribution in [3.8, 4) is 0 Å². The number of hydrogen-bond donors (Lipinski definition) is 1. The summed E-state index contributed by atoms with van der Waals surface area (Å²) in [5, 5.41) is 0. The first-order chi connectivity index (χ1) is 5.65. The molecule has 0 saturated carbocycles. The molecular weight excluding hydrogens is 203 g/mol. The first-order valence-corrected chi connectivity index (χ1v) is 3.48. The molecule has 0 amide bonds. The molecule has 0 bridgehead atoms. The summed E-state index contributed by atoms with van der Waals surface area (Å²) in [5.41, 5.74) is 5.24. The van der Waals surface area contributed by atoms with Crippen LogP contribution in [0.2, 0.25) is 0 Å². The highest BCUT2D eigenvalue weighted by Gasteiger charge is 2.08. The van der Waals surface area contributed by atoms with E-state index in [1.54, 1.807) is 0 Å². The first-order valence-electron chi connectivity index (χ1n) is 3.48. The molecule has 0 aliphatic heterocycles. The van der Waals surface area contributed by atoms with E-state index >= 15 is 0 Å². The van der Waals surface area contributed by atoms with Crippen LogP contribution in [0.1, 0.15) is 5.56 Å². The van der Waals surface area contributed by atoms with Crippen LogP contribution in [0.3, 0.4) is 0 Å². The minimum atomic E-state index is -1.17. The highest BCUT2D eigenvalue weighted by Crippen LogP contribution is 2.13. The third-order valence-corrected chi connectivity index (χ3v) is 1.50. The summed E-state index contributed by atoms with van der Waals surface area (Å²) in [6.45, 7) is 0.210. The van der Waals surface area contributed by atoms with Crippen LogP contribution in [0.25, 0.3) is 0 Å². The van der Waals surface area contributed by atoms with Crippen molar-refractivity contribution in [3.63, 3.8) is 0 Å². The molecule has 0 aromatic heterocycles. The smallest absolute Gasteiger partial charge is 0.161 e. The molecule has 0 unspecified atom stereocenters. The molecule has 0 heterocycles. The minimum absolute atomic E-state index is 0. The minimum Gasteiger partial charge on any atom is -0.330 e. The monoisotopic (exact) mass is 211 g/mol. The van der Waals surface area contributed by atoms with Crippen LogP contribution >= 0.6 is 12.4 Å². The highest BCUT2D eigenvalue weighted by atomic mass is 35.5. The summed E-state index contributed by atoms with van der Waals surface area (Å²) in [6, 6.07) is 1.36. The molecule has 1 nitrogen and oxygen atoms in total. The average Bonchev–Trinajstić information content (AvgIpc) is 2.01. The van der Waals surface area contributed by atoms with Crippen molar-refractivity contribution >= 4 is 12.4 Å². The van der Waals surface area contributed by atoms with Gasteiger partial charge in [0.1, 0.15) is 5.82 Å². The zero-order valence-corrected chi connectivity index (χ0v) is 7.50. The number of rotatable bonds is 2. The van der Waals surface area contributed by atoms with Gasteiger partial charge in [-0.1, -0.05) is 0 Å². The Kier molecular flexibility index (Phi) is 4.80. The summed E-state index contributed by atoms with van der Waals surface area (Å²) in [7, 11) is 0. The van der Waals surface area contributed by atoms with Crippen molar-refractivity contribution in [1.29, 1.82) is 0 Å². The molecule has 0 spiro atoms. The second-order valence-corrected chi connectivity index (χ2v) is 2.40. The fourth-order valence-electron chi connectivity index (χ4n) is 0.911. The Morgan fingerprint density at radius 1 is 1.00 bits per heavy atom. The van der Waals surface area contributed by atoms with Crippen molar-refractivity contribution in [3.05, 3.63) is 35.1 Å². The number of nitrogens with two attached hydrogens (primary N) is 1. The zero-order chi connectivity index (χ0) is 9.14. The van der Waals surface area contributed by atoms with Gasteiger partial charge in [-0.05, 0) is 24.6 Å². The molecule has 1 aromatic rings. The van der Waals surface area contributed by atoms with E-state index in [0.29, 0.717) is 6.07 Å². The van der Waals surface area contributed by atoms with Crippen LogP contribution < -0.4 is 5.73 Å². The van der Waals surface area contributed by atoms with E-state index in [1.807, 2.05) is 0 Å². The maximum atomic E-state index is 12.8. The van der Waals surface area contributed by atoms with E-state index < -0.39 is 17.5 Å². The molecule has 0 atom stereocenters. The zero-order valence-electron chi connectivity index (χ0n) is 6.69. The fourth-order valence-corrected chi connectivity index (χ4v) is 0.911. The van der Waals surface area contributed by atoms with Crippen LogP contribution in [0, 0.1) is 17.5 Å². The van der Waals surface area contributed by atoms with Crippen molar-refractivity contribution in [2.45, 2.75) is 6.42 Å². The van der Waals surface area contributed by atoms with Gasteiger partial charge in [-0.2, -0.15) is 0 Å². The lowest BCUT2D eigenvalue weighted by atomic mass is 10.1. The van der Waals surface area contributed by atoms with Gasteiger partial charge in [0, 0.05) is 6.07 Å². The SMILES string of the molecule is Cl.NCCc1cc(F)c(F)cc1F. The maximum absolute atomic E-state index is 12.8. The fraction of sp³-hybridized carbons (Fsp3) is 0.250. The Balaban J connectivity index is 0.00000144. The van der Waals surface area contributed by atoms with Crippen LogP contribution in [0.15, 0.2) is 12.1 Å². The van der Waals surface area contributed by atoms with Crippen LogP contribution in [0.4, 0.5) is 13.2 Å². The van der Waals surface area contributed by atoms with Crippen molar-refractivity contribution in [1.82, 2.24) is 0 Å². The van der Waals surface area contributed by atoms with Crippen molar-refractivity contribution in [2.75, 3.05) is 6.54 Å². The van der Waals surface area contributed by atoms with Crippen molar-refractivity contribution in [2.24, 2.45) is 5.73 Å². The average molecular weight is 212 g/mol. The lowest BCUT2D eigenvalue weighted by Gasteiger charge is -2.01. The van der Waals surface area contributed by atoms with Gasteiger partial charge in [0.2, 0.25) is 0 Å². The molecule has 0 saturated heterocycles. The molecule has 13 heavy (non-hydrogen) atoms. The van der Waals surface area contributed by atoms with Gasteiger partial charge < -0.3 is 5.73 Å². The molecular formula is C8H9ClF3N. The molecule has 1 aromatic carbocycles. The van der Waals surface area contributed by atoms with Gasteiger partial charge in [-0.3, -0.25) is 0 Å². The molecule has 1 rings (SSSR count). The van der Waals surface area contributed by atoms with Gasteiger partial charge in [0.15, 0.2) is 11.6 Å². The third kappa shape index (κ3) is 2.90. The molecule has 5 heteroatoms. The van der Waals surface area contributed by atoms with E-state index in [0.717, 1.165) is 6.07 Å². The Bertz CT molecular complexity index is 291. The quantitative estimate of drug-likeness (QED) is 0.745. The van der Waals surface area contributed by atoms with Gasteiger partial charge >= 0.3 is 0 Å². The highest BCUT2D eigenvalue weighted by molar-refractivity contribution is 5.85. The summed E-state index contributed by atoms with van der Waals surface area (Å²) < 4.78 is 37.6. The van der Waals surface area contributed by atoms with Gasteiger partial charge in [0.25, 0.3) is 0 Å². The van der Waals surface area contributed by atoms with Gasteiger partial charge in [0.05, 0.1) is 0 Å². The second kappa shape index (κ2) is 5.09. The Labute approximate surface area is 80.2 Å².